The number of halogens is 2. The van der Waals surface area contributed by atoms with Gasteiger partial charge in [0.25, 0.3) is 5.91 Å². The van der Waals surface area contributed by atoms with Gasteiger partial charge in [0, 0.05) is 10.7 Å². The molecule has 2 rings (SSSR count). The maximum absolute atomic E-state index is 13.7. The van der Waals surface area contributed by atoms with Crippen LogP contribution in [0.4, 0.5) is 15.8 Å². The molecule has 0 saturated carbocycles. The highest BCUT2D eigenvalue weighted by atomic mass is 35.5. The van der Waals surface area contributed by atoms with Crippen molar-refractivity contribution in [3.05, 3.63) is 52.8 Å². The van der Waals surface area contributed by atoms with E-state index in [2.05, 4.69) is 5.32 Å². The molecular formula is C15H14ClFN2O2. The number of amides is 1. The predicted molar refractivity (Wildman–Crippen MR) is 81.4 cm³/mol. The summed E-state index contributed by atoms with van der Waals surface area (Å²) in [5.41, 5.74) is 6.21. The summed E-state index contributed by atoms with van der Waals surface area (Å²) in [6, 6.07) is 8.78. The van der Waals surface area contributed by atoms with E-state index in [1.54, 1.807) is 25.1 Å². The molecule has 0 heterocycles. The average molecular weight is 309 g/mol. The number of benzene rings is 2. The summed E-state index contributed by atoms with van der Waals surface area (Å²) in [6.07, 6.45) is 0. The Balaban J connectivity index is 2.34. The third-order valence-electron chi connectivity index (χ3n) is 2.76. The van der Waals surface area contributed by atoms with Crippen LogP contribution in [0.25, 0.3) is 0 Å². The van der Waals surface area contributed by atoms with Crippen molar-refractivity contribution in [2.24, 2.45) is 0 Å². The van der Waals surface area contributed by atoms with Crippen LogP contribution in [0.2, 0.25) is 5.02 Å². The molecule has 0 aliphatic carbocycles. The maximum atomic E-state index is 13.7. The molecule has 0 bridgehead atoms. The van der Waals surface area contributed by atoms with Crippen LogP contribution < -0.4 is 15.8 Å². The Bertz CT molecular complexity index is 677. The van der Waals surface area contributed by atoms with Crippen LogP contribution in [0.3, 0.4) is 0 Å². The highest BCUT2D eigenvalue weighted by Crippen LogP contribution is 2.27. The summed E-state index contributed by atoms with van der Waals surface area (Å²) >= 11 is 5.79. The van der Waals surface area contributed by atoms with Crippen LogP contribution in [0, 0.1) is 5.82 Å². The van der Waals surface area contributed by atoms with Gasteiger partial charge < -0.3 is 15.8 Å². The van der Waals surface area contributed by atoms with E-state index >= 15 is 0 Å². The van der Waals surface area contributed by atoms with Crippen molar-refractivity contribution in [1.29, 1.82) is 0 Å². The molecule has 1 amide bonds. The van der Waals surface area contributed by atoms with Gasteiger partial charge in [-0.25, -0.2) is 4.39 Å². The predicted octanol–water partition coefficient (Wildman–Crippen LogP) is 3.71. The third-order valence-corrected chi connectivity index (χ3v) is 3.00. The van der Waals surface area contributed by atoms with Gasteiger partial charge >= 0.3 is 0 Å². The molecule has 0 aliphatic rings. The molecule has 0 saturated heterocycles. The number of carbonyl (C=O) groups is 1. The van der Waals surface area contributed by atoms with Crippen molar-refractivity contribution in [2.75, 3.05) is 17.7 Å². The van der Waals surface area contributed by atoms with Crippen molar-refractivity contribution >= 4 is 28.9 Å². The van der Waals surface area contributed by atoms with E-state index in [0.717, 1.165) is 0 Å². The van der Waals surface area contributed by atoms with Gasteiger partial charge in [-0.1, -0.05) is 17.7 Å². The molecule has 4 nitrogen and oxygen atoms in total. The molecule has 0 atom stereocenters. The molecule has 0 aliphatic heterocycles. The van der Waals surface area contributed by atoms with E-state index in [1.165, 1.54) is 18.2 Å². The van der Waals surface area contributed by atoms with Crippen LogP contribution in [-0.2, 0) is 0 Å². The lowest BCUT2D eigenvalue weighted by molar-refractivity contribution is 0.102. The minimum Gasteiger partial charge on any atom is -0.493 e. The molecule has 21 heavy (non-hydrogen) atoms. The third kappa shape index (κ3) is 3.44. The van der Waals surface area contributed by atoms with Crippen LogP contribution >= 0.6 is 11.6 Å². The Hall–Kier alpha value is -2.27. The second-order valence-corrected chi connectivity index (χ2v) is 4.67. The van der Waals surface area contributed by atoms with E-state index in [4.69, 9.17) is 22.1 Å². The molecule has 3 N–H and O–H groups in total. The highest BCUT2D eigenvalue weighted by molar-refractivity contribution is 6.31. The molecule has 0 aromatic heterocycles. The Kier molecular flexibility index (Phi) is 4.65. The molecule has 2 aromatic carbocycles. The SMILES string of the molecule is CCOc1cccc(N)c1C(=O)Nc1cc(Cl)ccc1F. The van der Waals surface area contributed by atoms with Crippen LogP contribution in [0.1, 0.15) is 17.3 Å². The number of nitrogen functional groups attached to an aromatic ring is 1. The first kappa shape index (κ1) is 15.1. The smallest absolute Gasteiger partial charge is 0.261 e. The van der Waals surface area contributed by atoms with Crippen molar-refractivity contribution in [2.45, 2.75) is 6.92 Å². The van der Waals surface area contributed by atoms with Gasteiger partial charge in [-0.2, -0.15) is 0 Å². The van der Waals surface area contributed by atoms with Gasteiger partial charge in [0.1, 0.15) is 17.1 Å². The number of anilines is 2. The summed E-state index contributed by atoms with van der Waals surface area (Å²) < 4.78 is 19.0. The van der Waals surface area contributed by atoms with Crippen molar-refractivity contribution in [3.63, 3.8) is 0 Å². The molecule has 6 heteroatoms. The first-order chi connectivity index (χ1) is 10.0. The van der Waals surface area contributed by atoms with E-state index in [0.29, 0.717) is 17.4 Å². The van der Waals surface area contributed by atoms with Gasteiger partial charge in [0.2, 0.25) is 0 Å². The van der Waals surface area contributed by atoms with Gasteiger partial charge in [-0.3, -0.25) is 4.79 Å². The van der Waals surface area contributed by atoms with Crippen LogP contribution in [-0.4, -0.2) is 12.5 Å². The zero-order valence-corrected chi connectivity index (χ0v) is 12.1. The van der Waals surface area contributed by atoms with E-state index < -0.39 is 11.7 Å². The first-order valence-corrected chi connectivity index (χ1v) is 6.68. The highest BCUT2D eigenvalue weighted by Gasteiger charge is 2.17. The largest absolute Gasteiger partial charge is 0.493 e. The molecular weight excluding hydrogens is 295 g/mol. The van der Waals surface area contributed by atoms with Gasteiger partial charge in [-0.05, 0) is 37.3 Å². The second-order valence-electron chi connectivity index (χ2n) is 4.23. The lowest BCUT2D eigenvalue weighted by atomic mass is 10.1. The lowest BCUT2D eigenvalue weighted by Gasteiger charge is -2.13. The minimum absolute atomic E-state index is 0.0156. The maximum Gasteiger partial charge on any atom is 0.261 e. The van der Waals surface area contributed by atoms with Crippen LogP contribution in [0.15, 0.2) is 36.4 Å². The van der Waals surface area contributed by atoms with E-state index in [-0.39, 0.29) is 16.9 Å². The molecule has 110 valence electrons. The fraction of sp³-hybridized carbons (Fsp3) is 0.133. The van der Waals surface area contributed by atoms with Crippen molar-refractivity contribution in [1.82, 2.24) is 0 Å². The molecule has 0 spiro atoms. The Morgan fingerprint density at radius 2 is 2.14 bits per heavy atom. The Morgan fingerprint density at radius 3 is 2.86 bits per heavy atom. The number of hydrogen-bond acceptors (Lipinski definition) is 3. The van der Waals surface area contributed by atoms with E-state index in [9.17, 15) is 9.18 Å². The Morgan fingerprint density at radius 1 is 1.38 bits per heavy atom. The first-order valence-electron chi connectivity index (χ1n) is 6.30. The summed E-state index contributed by atoms with van der Waals surface area (Å²) in [6.45, 7) is 2.18. The number of nitrogens with two attached hydrogens (primary N) is 1. The number of nitrogens with one attached hydrogen (secondary N) is 1. The summed E-state index contributed by atoms with van der Waals surface area (Å²) in [5, 5.41) is 2.77. The van der Waals surface area contributed by atoms with Crippen molar-refractivity contribution < 1.29 is 13.9 Å². The number of hydrogen-bond donors (Lipinski definition) is 2. The van der Waals surface area contributed by atoms with Gasteiger partial charge in [0.05, 0.1) is 12.3 Å². The van der Waals surface area contributed by atoms with Crippen molar-refractivity contribution in [3.8, 4) is 5.75 Å². The standard InChI is InChI=1S/C15H14ClFN2O2/c1-2-21-13-5-3-4-11(18)14(13)15(20)19-12-8-9(16)6-7-10(12)17/h3-8H,2,18H2,1H3,(H,19,20). The summed E-state index contributed by atoms with van der Waals surface area (Å²) in [4.78, 5) is 12.3. The van der Waals surface area contributed by atoms with E-state index in [1.807, 2.05) is 0 Å². The lowest BCUT2D eigenvalue weighted by Crippen LogP contribution is -2.16. The average Bonchev–Trinajstić information content (AvgIpc) is 2.43. The second kappa shape index (κ2) is 6.45. The Labute approximate surface area is 126 Å². The topological polar surface area (TPSA) is 64.3 Å². The van der Waals surface area contributed by atoms with Gasteiger partial charge in [-0.15, -0.1) is 0 Å². The molecule has 2 aromatic rings. The fourth-order valence-corrected chi connectivity index (χ4v) is 2.02. The fourth-order valence-electron chi connectivity index (χ4n) is 1.84. The zero-order chi connectivity index (χ0) is 15.4. The monoisotopic (exact) mass is 308 g/mol. The number of carbonyl (C=O) groups excluding carboxylic acids is 1. The quantitative estimate of drug-likeness (QED) is 0.846. The molecule has 0 unspecified atom stereocenters. The van der Waals surface area contributed by atoms with Gasteiger partial charge in [0.15, 0.2) is 0 Å². The van der Waals surface area contributed by atoms with Crippen LogP contribution in [0.5, 0.6) is 5.75 Å². The summed E-state index contributed by atoms with van der Waals surface area (Å²) in [7, 11) is 0. The molecule has 0 fully saturated rings. The number of ether oxygens (including phenoxy) is 1. The number of rotatable bonds is 4. The normalized spacial score (nSPS) is 10.2. The molecule has 0 radical (unpaired) electrons. The summed E-state index contributed by atoms with van der Waals surface area (Å²) in [5.74, 6) is -0.796. The zero-order valence-electron chi connectivity index (χ0n) is 11.3. The minimum atomic E-state index is -0.583.